The molecule has 0 aliphatic carbocycles. The SMILES string of the molecule is Cn1c(=NC(=O)CS(=O)(=O)CC(=O)N2CCCCC2)sc2cc(F)ccc21. The summed E-state index contributed by atoms with van der Waals surface area (Å²) in [5, 5.41) is 0. The van der Waals surface area contributed by atoms with E-state index < -0.39 is 39.0 Å². The summed E-state index contributed by atoms with van der Waals surface area (Å²) >= 11 is 1.09. The van der Waals surface area contributed by atoms with Gasteiger partial charge in [-0.15, -0.1) is 0 Å². The summed E-state index contributed by atoms with van der Waals surface area (Å²) in [7, 11) is -2.23. The van der Waals surface area contributed by atoms with Crippen LogP contribution < -0.4 is 4.80 Å². The number of carbonyl (C=O) groups excluding carboxylic acids is 2. The van der Waals surface area contributed by atoms with Crippen LogP contribution in [-0.2, 0) is 26.5 Å². The van der Waals surface area contributed by atoms with E-state index in [2.05, 4.69) is 4.99 Å². The van der Waals surface area contributed by atoms with Crippen LogP contribution in [-0.4, -0.2) is 54.3 Å². The third-order valence-corrected chi connectivity index (χ3v) is 6.86. The van der Waals surface area contributed by atoms with Gasteiger partial charge in [0.1, 0.15) is 17.3 Å². The molecule has 0 spiro atoms. The summed E-state index contributed by atoms with van der Waals surface area (Å²) in [6.07, 6.45) is 2.76. The molecule has 1 saturated heterocycles. The average Bonchev–Trinajstić information content (AvgIpc) is 2.89. The summed E-state index contributed by atoms with van der Waals surface area (Å²) in [6.45, 7) is 1.11. The van der Waals surface area contributed by atoms with E-state index in [1.54, 1.807) is 17.7 Å². The van der Waals surface area contributed by atoms with Crippen LogP contribution >= 0.6 is 11.3 Å². The molecule has 0 N–H and O–H groups in total. The maximum Gasteiger partial charge on any atom is 0.263 e. The molecule has 0 atom stereocenters. The number of thiazole rings is 1. The highest BCUT2D eigenvalue weighted by Gasteiger charge is 2.25. The van der Waals surface area contributed by atoms with E-state index in [1.807, 2.05) is 0 Å². The molecule has 146 valence electrons. The van der Waals surface area contributed by atoms with Gasteiger partial charge in [-0.05, 0) is 37.5 Å². The second kappa shape index (κ2) is 7.89. The van der Waals surface area contributed by atoms with Crippen molar-refractivity contribution in [3.8, 4) is 0 Å². The minimum Gasteiger partial charge on any atom is -0.342 e. The van der Waals surface area contributed by atoms with E-state index in [4.69, 9.17) is 0 Å². The zero-order valence-corrected chi connectivity index (χ0v) is 16.5. The molecule has 1 fully saturated rings. The summed E-state index contributed by atoms with van der Waals surface area (Å²) in [4.78, 5) is 29.9. The first-order valence-electron chi connectivity index (χ1n) is 8.56. The van der Waals surface area contributed by atoms with Gasteiger partial charge >= 0.3 is 0 Å². The Kier molecular flexibility index (Phi) is 5.75. The summed E-state index contributed by atoms with van der Waals surface area (Å²) in [6, 6.07) is 4.20. The molecule has 0 unspecified atom stereocenters. The van der Waals surface area contributed by atoms with Crippen molar-refractivity contribution in [1.29, 1.82) is 0 Å². The number of aryl methyl sites for hydroxylation is 1. The number of nitrogens with zero attached hydrogens (tertiary/aromatic N) is 3. The van der Waals surface area contributed by atoms with Crippen molar-refractivity contribution < 1.29 is 22.4 Å². The monoisotopic (exact) mass is 413 g/mol. The fourth-order valence-electron chi connectivity index (χ4n) is 3.02. The van der Waals surface area contributed by atoms with Gasteiger partial charge in [0.15, 0.2) is 14.6 Å². The minimum absolute atomic E-state index is 0.276. The van der Waals surface area contributed by atoms with Crippen molar-refractivity contribution >= 4 is 43.2 Å². The second-order valence-corrected chi connectivity index (χ2v) is 9.61. The number of piperidine rings is 1. The first-order valence-corrected chi connectivity index (χ1v) is 11.2. The van der Waals surface area contributed by atoms with Gasteiger partial charge in [0.2, 0.25) is 5.91 Å². The quantitative estimate of drug-likeness (QED) is 0.754. The van der Waals surface area contributed by atoms with E-state index in [9.17, 15) is 22.4 Å². The molecule has 27 heavy (non-hydrogen) atoms. The van der Waals surface area contributed by atoms with Gasteiger partial charge in [-0.25, -0.2) is 12.8 Å². The number of carbonyl (C=O) groups is 2. The van der Waals surface area contributed by atoms with E-state index in [0.29, 0.717) is 23.3 Å². The lowest BCUT2D eigenvalue weighted by atomic mass is 10.1. The predicted octanol–water partition coefficient (Wildman–Crippen LogP) is 1.23. The Morgan fingerprint density at radius 1 is 1.19 bits per heavy atom. The van der Waals surface area contributed by atoms with Crippen LogP contribution in [0.1, 0.15) is 19.3 Å². The first kappa shape index (κ1) is 19.7. The van der Waals surface area contributed by atoms with Gasteiger partial charge in [0.05, 0.1) is 10.2 Å². The number of sulfone groups is 1. The number of likely N-dealkylation sites (tertiary alicyclic amines) is 1. The van der Waals surface area contributed by atoms with Crippen LogP contribution in [0.25, 0.3) is 10.2 Å². The number of rotatable bonds is 4. The Bertz CT molecular complexity index is 1050. The molecule has 0 bridgehead atoms. The third-order valence-electron chi connectivity index (χ3n) is 4.39. The molecule has 1 aliphatic rings. The number of aromatic nitrogens is 1. The smallest absolute Gasteiger partial charge is 0.263 e. The summed E-state index contributed by atoms with van der Waals surface area (Å²) in [5.41, 5.74) is 0.691. The van der Waals surface area contributed by atoms with Crippen molar-refractivity contribution in [3.05, 3.63) is 28.8 Å². The highest BCUT2D eigenvalue weighted by atomic mass is 32.2. The summed E-state index contributed by atoms with van der Waals surface area (Å²) < 4.78 is 39.9. The van der Waals surface area contributed by atoms with Crippen molar-refractivity contribution in [2.24, 2.45) is 12.0 Å². The van der Waals surface area contributed by atoms with Crippen LogP contribution in [0, 0.1) is 5.82 Å². The van der Waals surface area contributed by atoms with Gasteiger partial charge < -0.3 is 9.47 Å². The lowest BCUT2D eigenvalue weighted by molar-refractivity contribution is -0.129. The van der Waals surface area contributed by atoms with Crippen molar-refractivity contribution in [2.75, 3.05) is 24.6 Å². The Balaban J connectivity index is 1.73. The molecule has 7 nitrogen and oxygen atoms in total. The van der Waals surface area contributed by atoms with Crippen molar-refractivity contribution in [3.63, 3.8) is 0 Å². The zero-order valence-electron chi connectivity index (χ0n) is 14.9. The zero-order chi connectivity index (χ0) is 19.6. The number of fused-ring (bicyclic) bond motifs is 1. The fourth-order valence-corrected chi connectivity index (χ4v) is 5.18. The van der Waals surface area contributed by atoms with Crippen LogP contribution in [0.5, 0.6) is 0 Å². The van der Waals surface area contributed by atoms with Crippen molar-refractivity contribution in [2.45, 2.75) is 19.3 Å². The largest absolute Gasteiger partial charge is 0.342 e. The van der Waals surface area contributed by atoms with Gasteiger partial charge in [-0.1, -0.05) is 11.3 Å². The molecule has 2 aromatic rings. The van der Waals surface area contributed by atoms with Gasteiger partial charge in [-0.2, -0.15) is 4.99 Å². The van der Waals surface area contributed by atoms with Gasteiger partial charge in [0, 0.05) is 20.1 Å². The fraction of sp³-hybridized carbons (Fsp3) is 0.471. The number of halogens is 1. The van der Waals surface area contributed by atoms with Crippen LogP contribution in [0.15, 0.2) is 23.2 Å². The molecule has 2 amide bonds. The lowest BCUT2D eigenvalue weighted by Crippen LogP contribution is -2.40. The predicted molar refractivity (Wildman–Crippen MR) is 100 cm³/mol. The standard InChI is InChI=1S/C17H20FN3O4S2/c1-20-13-6-5-12(18)9-14(13)26-17(20)19-15(22)10-27(24,25)11-16(23)21-7-3-2-4-8-21/h5-6,9H,2-4,7-8,10-11H2,1H3. The molecular formula is C17H20FN3O4S2. The lowest BCUT2D eigenvalue weighted by Gasteiger charge is -2.26. The Morgan fingerprint density at radius 3 is 2.59 bits per heavy atom. The van der Waals surface area contributed by atoms with Gasteiger partial charge in [0.25, 0.3) is 5.91 Å². The van der Waals surface area contributed by atoms with Crippen LogP contribution in [0.3, 0.4) is 0 Å². The highest BCUT2D eigenvalue weighted by molar-refractivity contribution is 7.92. The van der Waals surface area contributed by atoms with Crippen molar-refractivity contribution in [1.82, 2.24) is 9.47 Å². The van der Waals surface area contributed by atoms with Crippen LogP contribution in [0.2, 0.25) is 0 Å². The number of amides is 2. The topological polar surface area (TPSA) is 88.8 Å². The molecule has 0 radical (unpaired) electrons. The maximum atomic E-state index is 13.3. The average molecular weight is 413 g/mol. The minimum atomic E-state index is -3.90. The molecule has 0 saturated carbocycles. The van der Waals surface area contributed by atoms with Gasteiger partial charge in [-0.3, -0.25) is 9.59 Å². The maximum absolute atomic E-state index is 13.3. The third kappa shape index (κ3) is 4.81. The van der Waals surface area contributed by atoms with E-state index in [0.717, 1.165) is 30.6 Å². The van der Waals surface area contributed by atoms with E-state index in [1.165, 1.54) is 17.0 Å². The van der Waals surface area contributed by atoms with E-state index >= 15 is 0 Å². The Morgan fingerprint density at radius 2 is 1.89 bits per heavy atom. The number of hydrogen-bond donors (Lipinski definition) is 0. The number of hydrogen-bond acceptors (Lipinski definition) is 5. The normalized spacial score (nSPS) is 16.1. The molecule has 2 heterocycles. The second-order valence-electron chi connectivity index (χ2n) is 6.53. The summed E-state index contributed by atoms with van der Waals surface area (Å²) in [5.74, 6) is -3.22. The Hall–Kier alpha value is -2.07. The first-order chi connectivity index (χ1) is 12.7. The molecule has 10 heteroatoms. The molecule has 1 aromatic carbocycles. The Labute approximate surface area is 160 Å². The molecule has 1 aliphatic heterocycles. The van der Waals surface area contributed by atoms with Crippen LogP contribution in [0.4, 0.5) is 4.39 Å². The molecular weight excluding hydrogens is 393 g/mol. The number of benzene rings is 1. The molecule has 1 aromatic heterocycles. The van der Waals surface area contributed by atoms with E-state index in [-0.39, 0.29) is 4.80 Å². The highest BCUT2D eigenvalue weighted by Crippen LogP contribution is 2.17. The molecule has 3 rings (SSSR count).